The quantitative estimate of drug-likeness (QED) is 0.517. The van der Waals surface area contributed by atoms with Gasteiger partial charge in [0.15, 0.2) is 0 Å². The van der Waals surface area contributed by atoms with Crippen LogP contribution in [0.3, 0.4) is 0 Å². The van der Waals surface area contributed by atoms with Crippen molar-refractivity contribution in [2.75, 3.05) is 0 Å². The molecule has 72 valence electrons. The summed E-state index contributed by atoms with van der Waals surface area (Å²) in [6, 6.07) is 0. The molecule has 0 aromatic carbocycles. The Morgan fingerprint density at radius 3 is 2.33 bits per heavy atom. The summed E-state index contributed by atoms with van der Waals surface area (Å²) in [5.74, 6) is 3.83. The largest absolute Gasteiger partial charge is 0.0625 e. The van der Waals surface area contributed by atoms with E-state index in [4.69, 9.17) is 0 Å². The summed E-state index contributed by atoms with van der Waals surface area (Å²) >= 11 is 0. The molecule has 1 saturated carbocycles. The topological polar surface area (TPSA) is 0 Å². The lowest BCUT2D eigenvalue weighted by molar-refractivity contribution is 0.246. The van der Waals surface area contributed by atoms with Gasteiger partial charge in [-0.05, 0) is 36.5 Å². The molecule has 1 rings (SSSR count). The minimum Gasteiger partial charge on any atom is -0.0625 e. The standard InChI is InChI=1S/C12H24/c1-9(2)12-7-5-6-10(3)8-11(12)4/h9-12H,5-8H2,1-4H3. The highest BCUT2D eigenvalue weighted by molar-refractivity contribution is 4.75. The zero-order valence-electron chi connectivity index (χ0n) is 9.14. The molecule has 1 aliphatic rings. The Bertz CT molecular complexity index is 126. The number of hydrogen-bond donors (Lipinski definition) is 0. The van der Waals surface area contributed by atoms with E-state index in [1.54, 1.807) is 0 Å². The van der Waals surface area contributed by atoms with Crippen molar-refractivity contribution in [2.45, 2.75) is 53.4 Å². The molecule has 0 bridgehead atoms. The Labute approximate surface area is 77.7 Å². The lowest BCUT2D eigenvalue weighted by Gasteiger charge is -2.25. The van der Waals surface area contributed by atoms with Crippen LogP contribution in [0.4, 0.5) is 0 Å². The Morgan fingerprint density at radius 2 is 1.75 bits per heavy atom. The van der Waals surface area contributed by atoms with Gasteiger partial charge in [0, 0.05) is 0 Å². The van der Waals surface area contributed by atoms with E-state index in [0.717, 1.165) is 23.7 Å². The van der Waals surface area contributed by atoms with Gasteiger partial charge in [-0.2, -0.15) is 0 Å². The molecule has 0 aliphatic heterocycles. The highest BCUT2D eigenvalue weighted by Gasteiger charge is 2.24. The van der Waals surface area contributed by atoms with Gasteiger partial charge < -0.3 is 0 Å². The summed E-state index contributed by atoms with van der Waals surface area (Å²) in [5.41, 5.74) is 0. The summed E-state index contributed by atoms with van der Waals surface area (Å²) in [7, 11) is 0. The molecule has 0 nitrogen and oxygen atoms in total. The Balaban J connectivity index is 2.51. The zero-order valence-corrected chi connectivity index (χ0v) is 9.14. The van der Waals surface area contributed by atoms with Crippen molar-refractivity contribution in [3.8, 4) is 0 Å². The van der Waals surface area contributed by atoms with Crippen LogP contribution >= 0.6 is 0 Å². The molecule has 0 aromatic rings. The molecule has 0 saturated heterocycles. The molecule has 3 atom stereocenters. The van der Waals surface area contributed by atoms with Crippen molar-refractivity contribution >= 4 is 0 Å². The lowest BCUT2D eigenvalue weighted by Crippen LogP contribution is -2.17. The predicted octanol–water partition coefficient (Wildman–Crippen LogP) is 4.10. The average Bonchev–Trinajstić information content (AvgIpc) is 2.10. The highest BCUT2D eigenvalue weighted by atomic mass is 14.3. The first kappa shape index (κ1) is 10.1. The number of hydrogen-bond acceptors (Lipinski definition) is 0. The molecule has 0 radical (unpaired) electrons. The van der Waals surface area contributed by atoms with Gasteiger partial charge in [-0.15, -0.1) is 0 Å². The van der Waals surface area contributed by atoms with E-state index in [1.807, 2.05) is 0 Å². The molecule has 3 unspecified atom stereocenters. The molecule has 1 aliphatic carbocycles. The second-order valence-electron chi connectivity index (χ2n) is 5.16. The van der Waals surface area contributed by atoms with Crippen LogP contribution in [0.15, 0.2) is 0 Å². The number of rotatable bonds is 1. The van der Waals surface area contributed by atoms with Crippen LogP contribution in [0.5, 0.6) is 0 Å². The molecule has 0 amide bonds. The van der Waals surface area contributed by atoms with Crippen molar-refractivity contribution in [1.29, 1.82) is 0 Å². The van der Waals surface area contributed by atoms with Crippen molar-refractivity contribution in [1.82, 2.24) is 0 Å². The van der Waals surface area contributed by atoms with Gasteiger partial charge in [0.25, 0.3) is 0 Å². The SMILES string of the molecule is CC1CCCC(C(C)C)C(C)C1. The molecule has 0 heteroatoms. The van der Waals surface area contributed by atoms with E-state index in [1.165, 1.54) is 25.7 Å². The zero-order chi connectivity index (χ0) is 9.14. The van der Waals surface area contributed by atoms with Crippen LogP contribution in [0.2, 0.25) is 0 Å². The third-order valence-electron chi connectivity index (χ3n) is 3.60. The molecular weight excluding hydrogens is 144 g/mol. The molecule has 12 heavy (non-hydrogen) atoms. The monoisotopic (exact) mass is 168 g/mol. The van der Waals surface area contributed by atoms with Gasteiger partial charge in [0.05, 0.1) is 0 Å². The highest BCUT2D eigenvalue weighted by Crippen LogP contribution is 2.35. The summed E-state index contributed by atoms with van der Waals surface area (Å²) in [6.07, 6.45) is 5.87. The van der Waals surface area contributed by atoms with Crippen LogP contribution < -0.4 is 0 Å². The van der Waals surface area contributed by atoms with Crippen molar-refractivity contribution in [2.24, 2.45) is 23.7 Å². The van der Waals surface area contributed by atoms with Gasteiger partial charge in [-0.3, -0.25) is 0 Å². The maximum atomic E-state index is 2.45. The Hall–Kier alpha value is 0. The molecular formula is C12H24. The van der Waals surface area contributed by atoms with Crippen molar-refractivity contribution < 1.29 is 0 Å². The first-order chi connectivity index (χ1) is 5.61. The van der Waals surface area contributed by atoms with E-state index in [0.29, 0.717) is 0 Å². The van der Waals surface area contributed by atoms with Crippen LogP contribution in [0.25, 0.3) is 0 Å². The van der Waals surface area contributed by atoms with E-state index >= 15 is 0 Å². The van der Waals surface area contributed by atoms with Gasteiger partial charge in [0.1, 0.15) is 0 Å². The van der Waals surface area contributed by atoms with E-state index in [-0.39, 0.29) is 0 Å². The van der Waals surface area contributed by atoms with Gasteiger partial charge in [0.2, 0.25) is 0 Å². The average molecular weight is 168 g/mol. The minimum absolute atomic E-state index is 0.894. The molecule has 1 fully saturated rings. The molecule has 0 aromatic heterocycles. The first-order valence-electron chi connectivity index (χ1n) is 5.61. The van der Waals surface area contributed by atoms with E-state index < -0.39 is 0 Å². The van der Waals surface area contributed by atoms with Crippen LogP contribution in [-0.4, -0.2) is 0 Å². The van der Waals surface area contributed by atoms with Crippen molar-refractivity contribution in [3.63, 3.8) is 0 Å². The van der Waals surface area contributed by atoms with E-state index in [9.17, 15) is 0 Å². The van der Waals surface area contributed by atoms with Gasteiger partial charge in [-0.1, -0.05) is 40.5 Å². The fraction of sp³-hybridized carbons (Fsp3) is 1.00. The second kappa shape index (κ2) is 4.30. The third kappa shape index (κ3) is 2.50. The summed E-state index contributed by atoms with van der Waals surface area (Å²) in [6.45, 7) is 9.64. The Morgan fingerprint density at radius 1 is 1.08 bits per heavy atom. The fourth-order valence-corrected chi connectivity index (χ4v) is 2.90. The van der Waals surface area contributed by atoms with Crippen LogP contribution in [0, 0.1) is 23.7 Å². The third-order valence-corrected chi connectivity index (χ3v) is 3.60. The first-order valence-corrected chi connectivity index (χ1v) is 5.61. The predicted molar refractivity (Wildman–Crippen MR) is 55.1 cm³/mol. The summed E-state index contributed by atoms with van der Waals surface area (Å²) < 4.78 is 0. The fourth-order valence-electron chi connectivity index (χ4n) is 2.90. The lowest BCUT2D eigenvalue weighted by atomic mass is 9.80. The Kier molecular flexibility index (Phi) is 3.61. The smallest absolute Gasteiger partial charge is 0.0365 e. The van der Waals surface area contributed by atoms with Crippen LogP contribution in [0.1, 0.15) is 53.4 Å². The van der Waals surface area contributed by atoms with Crippen molar-refractivity contribution in [3.05, 3.63) is 0 Å². The van der Waals surface area contributed by atoms with Crippen LogP contribution in [-0.2, 0) is 0 Å². The molecule has 0 spiro atoms. The molecule has 0 N–H and O–H groups in total. The molecule has 0 heterocycles. The summed E-state index contributed by atoms with van der Waals surface area (Å²) in [4.78, 5) is 0. The van der Waals surface area contributed by atoms with Gasteiger partial charge in [-0.25, -0.2) is 0 Å². The van der Waals surface area contributed by atoms with E-state index in [2.05, 4.69) is 27.7 Å². The maximum Gasteiger partial charge on any atom is -0.0365 e. The maximum absolute atomic E-state index is 2.45. The summed E-state index contributed by atoms with van der Waals surface area (Å²) in [5, 5.41) is 0. The normalized spacial score (nSPS) is 38.2. The van der Waals surface area contributed by atoms with Gasteiger partial charge >= 0.3 is 0 Å². The minimum atomic E-state index is 0.894. The second-order valence-corrected chi connectivity index (χ2v) is 5.16.